The summed E-state index contributed by atoms with van der Waals surface area (Å²) in [4.78, 5) is 20.2. The van der Waals surface area contributed by atoms with Gasteiger partial charge in [-0.25, -0.2) is 9.50 Å². The summed E-state index contributed by atoms with van der Waals surface area (Å²) >= 11 is 5.89. The third-order valence-corrected chi connectivity index (χ3v) is 3.69. The molecule has 9 heteroatoms. The summed E-state index contributed by atoms with van der Waals surface area (Å²) in [6.45, 7) is 2.56. The molecular formula is C14H16ClN7O. The van der Waals surface area contributed by atoms with Crippen LogP contribution in [-0.2, 0) is 0 Å². The van der Waals surface area contributed by atoms with Crippen LogP contribution < -0.4 is 5.32 Å². The highest BCUT2D eigenvalue weighted by atomic mass is 35.5. The van der Waals surface area contributed by atoms with Crippen LogP contribution >= 0.6 is 11.6 Å². The summed E-state index contributed by atoms with van der Waals surface area (Å²) in [5.74, 6) is 0.193. The maximum absolute atomic E-state index is 12.1. The third kappa shape index (κ3) is 3.48. The fourth-order valence-corrected chi connectivity index (χ4v) is 2.44. The van der Waals surface area contributed by atoms with E-state index in [0.717, 1.165) is 12.8 Å². The van der Waals surface area contributed by atoms with E-state index in [4.69, 9.17) is 11.6 Å². The van der Waals surface area contributed by atoms with Crippen molar-refractivity contribution in [3.8, 4) is 0 Å². The van der Waals surface area contributed by atoms with Crippen molar-refractivity contribution in [1.82, 2.24) is 34.7 Å². The lowest BCUT2D eigenvalue weighted by Crippen LogP contribution is -2.27. The molecule has 0 saturated heterocycles. The van der Waals surface area contributed by atoms with Crippen molar-refractivity contribution in [3.05, 3.63) is 41.7 Å². The summed E-state index contributed by atoms with van der Waals surface area (Å²) in [7, 11) is 0. The number of fused-ring (bicyclic) bond motifs is 1. The molecule has 0 aliphatic carbocycles. The largest absolute Gasteiger partial charge is 0.349 e. The summed E-state index contributed by atoms with van der Waals surface area (Å²) in [6, 6.07) is 1.91. The first kappa shape index (κ1) is 15.4. The second-order valence-corrected chi connectivity index (χ2v) is 5.48. The molecule has 1 unspecified atom stereocenters. The molecule has 0 aliphatic rings. The molecule has 3 rings (SSSR count). The van der Waals surface area contributed by atoms with Gasteiger partial charge in [0.1, 0.15) is 0 Å². The number of halogens is 1. The number of amides is 1. The fraction of sp³-hybridized carbons (Fsp3) is 0.357. The number of hydrogen-bond acceptors (Lipinski definition) is 5. The van der Waals surface area contributed by atoms with Crippen LogP contribution in [0.2, 0.25) is 5.02 Å². The second-order valence-electron chi connectivity index (χ2n) is 5.04. The molecule has 0 saturated carbocycles. The van der Waals surface area contributed by atoms with Crippen molar-refractivity contribution in [2.45, 2.75) is 25.8 Å². The average Bonchev–Trinajstić information content (AvgIpc) is 3.17. The highest BCUT2D eigenvalue weighted by Gasteiger charge is 2.15. The molecule has 23 heavy (non-hydrogen) atoms. The first-order chi connectivity index (χ1) is 11.2. The Bertz CT molecular complexity index is 779. The lowest BCUT2D eigenvalue weighted by molar-refractivity contribution is 0.0941. The molecule has 8 nitrogen and oxygen atoms in total. The molecular weight excluding hydrogens is 318 g/mol. The molecule has 1 atom stereocenters. The summed E-state index contributed by atoms with van der Waals surface area (Å²) in [5, 5.41) is 11.7. The van der Waals surface area contributed by atoms with Crippen LogP contribution in [-0.4, -0.2) is 41.8 Å². The minimum atomic E-state index is -0.316. The predicted octanol–water partition coefficient (Wildman–Crippen LogP) is 1.75. The Morgan fingerprint density at radius 1 is 1.48 bits per heavy atom. The number of carbonyl (C=O) groups excluding carboxylic acids is 1. The minimum Gasteiger partial charge on any atom is -0.349 e. The Kier molecular flexibility index (Phi) is 4.52. The first-order valence-corrected chi connectivity index (χ1v) is 7.70. The van der Waals surface area contributed by atoms with E-state index in [-0.39, 0.29) is 17.8 Å². The van der Waals surface area contributed by atoms with E-state index in [1.54, 1.807) is 30.9 Å². The zero-order valence-electron chi connectivity index (χ0n) is 12.6. The number of nitrogens with zero attached hydrogens (tertiary/aromatic N) is 6. The molecule has 0 radical (unpaired) electrons. The zero-order valence-corrected chi connectivity index (χ0v) is 13.3. The normalized spacial score (nSPS) is 12.4. The third-order valence-electron chi connectivity index (χ3n) is 3.50. The van der Waals surface area contributed by atoms with Gasteiger partial charge in [0.25, 0.3) is 11.7 Å². The molecule has 0 fully saturated rings. The van der Waals surface area contributed by atoms with Crippen molar-refractivity contribution in [2.75, 3.05) is 6.54 Å². The molecule has 3 aromatic heterocycles. The predicted molar refractivity (Wildman–Crippen MR) is 84.3 cm³/mol. The average molecular weight is 334 g/mol. The quantitative estimate of drug-likeness (QED) is 0.742. The van der Waals surface area contributed by atoms with Crippen molar-refractivity contribution < 1.29 is 4.79 Å². The highest BCUT2D eigenvalue weighted by molar-refractivity contribution is 6.30. The van der Waals surface area contributed by atoms with Gasteiger partial charge in [-0.05, 0) is 18.9 Å². The molecule has 0 bridgehead atoms. The van der Waals surface area contributed by atoms with Crippen LogP contribution in [0.25, 0.3) is 5.78 Å². The van der Waals surface area contributed by atoms with Gasteiger partial charge in [0, 0.05) is 25.1 Å². The molecule has 1 N–H and O–H groups in total. The van der Waals surface area contributed by atoms with E-state index in [2.05, 4.69) is 32.4 Å². The van der Waals surface area contributed by atoms with E-state index in [0.29, 0.717) is 17.3 Å². The highest BCUT2D eigenvalue weighted by Crippen LogP contribution is 2.17. The SMILES string of the molecule is CCC(CCNC(=O)c1nc2ncccn2n1)n1cc(Cl)cn1. The van der Waals surface area contributed by atoms with Gasteiger partial charge in [0.05, 0.1) is 17.3 Å². The number of rotatable bonds is 6. The molecule has 1 amide bonds. The van der Waals surface area contributed by atoms with Crippen LogP contribution in [0.3, 0.4) is 0 Å². The topological polar surface area (TPSA) is 90.0 Å². The van der Waals surface area contributed by atoms with Crippen LogP contribution in [0.1, 0.15) is 36.4 Å². The van der Waals surface area contributed by atoms with Gasteiger partial charge >= 0.3 is 0 Å². The molecule has 3 aromatic rings. The minimum absolute atomic E-state index is 0.110. The Balaban J connectivity index is 1.58. The fourth-order valence-electron chi connectivity index (χ4n) is 2.30. The van der Waals surface area contributed by atoms with Gasteiger partial charge in [-0.1, -0.05) is 18.5 Å². The summed E-state index contributed by atoms with van der Waals surface area (Å²) in [6.07, 6.45) is 8.33. The number of carbonyl (C=O) groups is 1. The number of hydrogen-bond donors (Lipinski definition) is 1. The molecule has 120 valence electrons. The number of nitrogens with one attached hydrogen (secondary N) is 1. The Hall–Kier alpha value is -2.48. The van der Waals surface area contributed by atoms with E-state index in [1.165, 1.54) is 4.52 Å². The van der Waals surface area contributed by atoms with Gasteiger partial charge < -0.3 is 5.32 Å². The van der Waals surface area contributed by atoms with Crippen molar-refractivity contribution >= 4 is 23.3 Å². The molecule has 0 aliphatic heterocycles. The van der Waals surface area contributed by atoms with Gasteiger partial charge in [-0.15, -0.1) is 5.10 Å². The van der Waals surface area contributed by atoms with Crippen LogP contribution in [0.5, 0.6) is 0 Å². The van der Waals surface area contributed by atoms with Crippen molar-refractivity contribution in [2.24, 2.45) is 0 Å². The maximum atomic E-state index is 12.1. The van der Waals surface area contributed by atoms with Gasteiger partial charge in [-0.2, -0.15) is 10.1 Å². The summed E-state index contributed by atoms with van der Waals surface area (Å²) < 4.78 is 3.29. The van der Waals surface area contributed by atoms with Gasteiger partial charge in [-0.3, -0.25) is 9.48 Å². The van der Waals surface area contributed by atoms with E-state index >= 15 is 0 Å². The lowest BCUT2D eigenvalue weighted by atomic mass is 10.1. The Morgan fingerprint density at radius 2 is 2.35 bits per heavy atom. The molecule has 0 aromatic carbocycles. The van der Waals surface area contributed by atoms with Crippen LogP contribution in [0, 0.1) is 0 Å². The Labute approximate surface area is 137 Å². The van der Waals surface area contributed by atoms with E-state index < -0.39 is 0 Å². The monoisotopic (exact) mass is 333 g/mol. The lowest BCUT2D eigenvalue weighted by Gasteiger charge is -2.15. The van der Waals surface area contributed by atoms with Crippen LogP contribution in [0.15, 0.2) is 30.9 Å². The van der Waals surface area contributed by atoms with Crippen molar-refractivity contribution in [1.29, 1.82) is 0 Å². The first-order valence-electron chi connectivity index (χ1n) is 7.32. The standard InChI is InChI=1S/C14H16ClN7O/c1-2-11(22-9-10(15)8-18-22)4-6-16-13(23)12-19-14-17-5-3-7-21(14)20-12/h3,5,7-9,11H,2,4,6H2,1H3,(H,16,23). The van der Waals surface area contributed by atoms with Crippen LogP contribution in [0.4, 0.5) is 0 Å². The maximum Gasteiger partial charge on any atom is 0.291 e. The molecule has 3 heterocycles. The number of aromatic nitrogens is 6. The smallest absolute Gasteiger partial charge is 0.291 e. The van der Waals surface area contributed by atoms with E-state index in [9.17, 15) is 4.79 Å². The van der Waals surface area contributed by atoms with Gasteiger partial charge in [0.15, 0.2) is 0 Å². The second kappa shape index (κ2) is 6.74. The zero-order chi connectivity index (χ0) is 16.2. The van der Waals surface area contributed by atoms with E-state index in [1.807, 2.05) is 4.68 Å². The van der Waals surface area contributed by atoms with Crippen molar-refractivity contribution in [3.63, 3.8) is 0 Å². The Morgan fingerprint density at radius 3 is 3.04 bits per heavy atom. The molecule has 0 spiro atoms. The van der Waals surface area contributed by atoms with Gasteiger partial charge in [0.2, 0.25) is 5.82 Å². The summed E-state index contributed by atoms with van der Waals surface area (Å²) in [5.41, 5.74) is 0.